The van der Waals surface area contributed by atoms with E-state index < -0.39 is 11.9 Å². The normalized spacial score (nSPS) is 22.5. The van der Waals surface area contributed by atoms with E-state index in [-0.39, 0.29) is 17.7 Å². The molecule has 0 aromatic rings. The Morgan fingerprint density at radius 3 is 2.58 bits per heavy atom. The molecule has 108 valence electrons. The van der Waals surface area contributed by atoms with E-state index in [0.717, 1.165) is 25.7 Å². The van der Waals surface area contributed by atoms with E-state index in [1.54, 1.807) is 0 Å². The Bertz CT molecular complexity index is 337. The second-order valence-corrected chi connectivity index (χ2v) is 5.09. The minimum absolute atomic E-state index is 0.0990. The topological polar surface area (TPSA) is 80.7 Å². The molecule has 2 atom stereocenters. The van der Waals surface area contributed by atoms with Crippen LogP contribution >= 0.6 is 0 Å². The molecule has 0 heterocycles. The zero-order valence-electron chi connectivity index (χ0n) is 11.4. The summed E-state index contributed by atoms with van der Waals surface area (Å²) < 4.78 is 4.54. The van der Waals surface area contributed by atoms with Gasteiger partial charge in [0.15, 0.2) is 0 Å². The first-order valence-electron chi connectivity index (χ1n) is 6.88. The molecule has 2 unspecified atom stereocenters. The summed E-state index contributed by atoms with van der Waals surface area (Å²) in [6, 6.07) is 0. The fourth-order valence-corrected chi connectivity index (χ4v) is 2.66. The average molecular weight is 270 g/mol. The van der Waals surface area contributed by atoms with Crippen LogP contribution in [-0.4, -0.2) is 29.9 Å². The van der Waals surface area contributed by atoms with Crippen molar-refractivity contribution >= 4 is 17.7 Å². The summed E-state index contributed by atoms with van der Waals surface area (Å²) >= 11 is 0. The van der Waals surface area contributed by atoms with E-state index in [2.05, 4.69) is 4.74 Å². The standard InChI is InChI=1S/C14H22O5/c1-19-13(16)7-5-3-2-4-6-10-11(14(17)18)8-9-12(10)15/h10-11H,2-9H2,1H3,(H,17,18). The molecule has 0 bridgehead atoms. The summed E-state index contributed by atoms with van der Waals surface area (Å²) in [5.74, 6) is -1.72. The lowest BCUT2D eigenvalue weighted by atomic mass is 9.90. The molecule has 19 heavy (non-hydrogen) atoms. The lowest BCUT2D eigenvalue weighted by Crippen LogP contribution is -2.22. The van der Waals surface area contributed by atoms with Crippen molar-refractivity contribution in [2.45, 2.75) is 51.4 Å². The van der Waals surface area contributed by atoms with Crippen LogP contribution in [0.25, 0.3) is 0 Å². The summed E-state index contributed by atoms with van der Waals surface area (Å²) in [4.78, 5) is 33.5. The lowest BCUT2D eigenvalue weighted by Gasteiger charge is -2.13. The van der Waals surface area contributed by atoms with Crippen molar-refractivity contribution in [3.05, 3.63) is 0 Å². The van der Waals surface area contributed by atoms with E-state index in [4.69, 9.17) is 5.11 Å². The first-order chi connectivity index (χ1) is 9.06. The van der Waals surface area contributed by atoms with Gasteiger partial charge in [-0.25, -0.2) is 0 Å². The van der Waals surface area contributed by atoms with Crippen molar-refractivity contribution in [2.24, 2.45) is 11.8 Å². The van der Waals surface area contributed by atoms with Gasteiger partial charge in [0.05, 0.1) is 13.0 Å². The van der Waals surface area contributed by atoms with Crippen LogP contribution in [0.4, 0.5) is 0 Å². The van der Waals surface area contributed by atoms with Crippen molar-refractivity contribution < 1.29 is 24.2 Å². The van der Waals surface area contributed by atoms with Crippen LogP contribution in [0.15, 0.2) is 0 Å². The van der Waals surface area contributed by atoms with Gasteiger partial charge in [-0.05, 0) is 19.3 Å². The Morgan fingerprint density at radius 1 is 1.26 bits per heavy atom. The Kier molecular flexibility index (Phi) is 6.53. The molecule has 0 aromatic carbocycles. The van der Waals surface area contributed by atoms with Crippen LogP contribution in [0, 0.1) is 11.8 Å². The number of carboxylic acid groups (broad SMARTS) is 1. The predicted molar refractivity (Wildman–Crippen MR) is 68.6 cm³/mol. The number of rotatable bonds is 8. The summed E-state index contributed by atoms with van der Waals surface area (Å²) in [5.41, 5.74) is 0. The molecule has 1 aliphatic carbocycles. The van der Waals surface area contributed by atoms with E-state index in [9.17, 15) is 14.4 Å². The number of methoxy groups -OCH3 is 1. The van der Waals surface area contributed by atoms with Gasteiger partial charge >= 0.3 is 11.9 Å². The first kappa shape index (κ1) is 15.7. The number of carboxylic acids is 1. The third-order valence-corrected chi connectivity index (χ3v) is 3.79. The number of carbonyl (C=O) groups excluding carboxylic acids is 2. The van der Waals surface area contributed by atoms with Gasteiger partial charge in [0.2, 0.25) is 0 Å². The summed E-state index contributed by atoms with van der Waals surface area (Å²) in [5, 5.41) is 9.03. The predicted octanol–water partition coefficient (Wildman–Crippen LogP) is 2.18. The molecule has 1 rings (SSSR count). The number of Topliss-reactive ketones (excluding diaryl/α,β-unsaturated/α-hetero) is 1. The van der Waals surface area contributed by atoms with E-state index >= 15 is 0 Å². The molecule has 1 N–H and O–H groups in total. The number of esters is 1. The molecule has 1 saturated carbocycles. The van der Waals surface area contributed by atoms with Gasteiger partial charge < -0.3 is 9.84 Å². The van der Waals surface area contributed by atoms with Gasteiger partial charge in [0.1, 0.15) is 5.78 Å². The fourth-order valence-electron chi connectivity index (χ4n) is 2.66. The number of hydrogen-bond donors (Lipinski definition) is 1. The van der Waals surface area contributed by atoms with E-state index in [1.807, 2.05) is 0 Å². The van der Waals surface area contributed by atoms with Crippen LogP contribution < -0.4 is 0 Å². The van der Waals surface area contributed by atoms with Crippen LogP contribution in [-0.2, 0) is 19.1 Å². The molecule has 5 heteroatoms. The van der Waals surface area contributed by atoms with Crippen LogP contribution in [0.1, 0.15) is 51.4 Å². The Labute approximate surface area is 113 Å². The highest BCUT2D eigenvalue weighted by Gasteiger charge is 2.38. The van der Waals surface area contributed by atoms with Gasteiger partial charge in [0, 0.05) is 18.8 Å². The number of hydrogen-bond acceptors (Lipinski definition) is 4. The Morgan fingerprint density at radius 2 is 1.95 bits per heavy atom. The average Bonchev–Trinajstić information content (AvgIpc) is 2.75. The van der Waals surface area contributed by atoms with E-state index in [0.29, 0.717) is 25.7 Å². The quantitative estimate of drug-likeness (QED) is 0.540. The zero-order chi connectivity index (χ0) is 14.3. The molecular formula is C14H22O5. The van der Waals surface area contributed by atoms with E-state index in [1.165, 1.54) is 7.11 Å². The van der Waals surface area contributed by atoms with Crippen LogP contribution in [0.5, 0.6) is 0 Å². The second-order valence-electron chi connectivity index (χ2n) is 5.09. The number of ketones is 1. The molecule has 0 spiro atoms. The molecule has 1 fully saturated rings. The molecule has 1 aliphatic rings. The maximum absolute atomic E-state index is 11.6. The smallest absolute Gasteiger partial charge is 0.307 e. The van der Waals surface area contributed by atoms with Gasteiger partial charge in [-0.15, -0.1) is 0 Å². The van der Waals surface area contributed by atoms with Crippen molar-refractivity contribution in [3.63, 3.8) is 0 Å². The SMILES string of the molecule is COC(=O)CCCCCCC1C(=O)CCC1C(=O)O. The summed E-state index contributed by atoms with van der Waals surface area (Å²) in [6.07, 6.45) is 5.45. The van der Waals surface area contributed by atoms with Crippen molar-refractivity contribution in [3.8, 4) is 0 Å². The Balaban J connectivity index is 2.16. The summed E-state index contributed by atoms with van der Waals surface area (Å²) in [7, 11) is 1.38. The maximum atomic E-state index is 11.6. The summed E-state index contributed by atoms with van der Waals surface area (Å²) in [6.45, 7) is 0. The molecule has 5 nitrogen and oxygen atoms in total. The third kappa shape index (κ3) is 5.01. The minimum atomic E-state index is -0.846. The highest BCUT2D eigenvalue weighted by Crippen LogP contribution is 2.32. The van der Waals surface area contributed by atoms with Gasteiger partial charge in [-0.1, -0.05) is 19.3 Å². The molecule has 0 radical (unpaired) electrons. The lowest BCUT2D eigenvalue weighted by molar-refractivity contribution is -0.144. The van der Waals surface area contributed by atoms with Crippen LogP contribution in [0.3, 0.4) is 0 Å². The second kappa shape index (κ2) is 7.92. The monoisotopic (exact) mass is 270 g/mol. The Hall–Kier alpha value is -1.39. The number of unbranched alkanes of at least 4 members (excludes halogenated alkanes) is 3. The molecule has 0 aliphatic heterocycles. The molecular weight excluding hydrogens is 248 g/mol. The number of aliphatic carboxylic acids is 1. The molecule has 0 amide bonds. The first-order valence-corrected chi connectivity index (χ1v) is 6.88. The minimum Gasteiger partial charge on any atom is -0.481 e. The third-order valence-electron chi connectivity index (χ3n) is 3.79. The highest BCUT2D eigenvalue weighted by molar-refractivity contribution is 5.89. The number of ether oxygens (including phenoxy) is 1. The van der Waals surface area contributed by atoms with Crippen LogP contribution in [0.2, 0.25) is 0 Å². The largest absolute Gasteiger partial charge is 0.481 e. The van der Waals surface area contributed by atoms with Gasteiger partial charge in [0.25, 0.3) is 0 Å². The van der Waals surface area contributed by atoms with Crippen molar-refractivity contribution in [1.82, 2.24) is 0 Å². The van der Waals surface area contributed by atoms with Crippen molar-refractivity contribution in [1.29, 1.82) is 0 Å². The van der Waals surface area contributed by atoms with Gasteiger partial charge in [-0.3, -0.25) is 14.4 Å². The molecule has 0 aromatic heterocycles. The van der Waals surface area contributed by atoms with Gasteiger partial charge in [-0.2, -0.15) is 0 Å². The highest BCUT2D eigenvalue weighted by atomic mass is 16.5. The zero-order valence-corrected chi connectivity index (χ0v) is 11.4. The fraction of sp³-hybridized carbons (Fsp3) is 0.786. The molecule has 0 saturated heterocycles. The van der Waals surface area contributed by atoms with Crippen molar-refractivity contribution in [2.75, 3.05) is 7.11 Å². The maximum Gasteiger partial charge on any atom is 0.307 e. The number of carbonyl (C=O) groups is 3.